The average molecular weight is 467 g/mol. The molecule has 0 unspecified atom stereocenters. The smallest absolute Gasteiger partial charge is 0.253 e. The number of aryl methyl sites for hydroxylation is 1. The van der Waals surface area contributed by atoms with Gasteiger partial charge in [-0.1, -0.05) is 17.7 Å². The largest absolute Gasteiger partial charge is 0.416 e. The van der Waals surface area contributed by atoms with Crippen LogP contribution in [0.3, 0.4) is 0 Å². The van der Waals surface area contributed by atoms with Crippen molar-refractivity contribution >= 4 is 15.7 Å². The van der Waals surface area contributed by atoms with Crippen molar-refractivity contribution in [3.63, 3.8) is 0 Å². The molecule has 2 aliphatic rings. The normalized spacial score (nSPS) is 20.8. The number of rotatable bonds is 4. The van der Waals surface area contributed by atoms with Gasteiger partial charge in [0, 0.05) is 48.9 Å². The highest BCUT2D eigenvalue weighted by Crippen LogP contribution is 2.25. The summed E-state index contributed by atoms with van der Waals surface area (Å²) in [6.07, 6.45) is 0.693. The maximum atomic E-state index is 13.0. The van der Waals surface area contributed by atoms with Gasteiger partial charge in [0.05, 0.1) is 11.5 Å². The Balaban J connectivity index is 1.21. The third-order valence-corrected chi connectivity index (χ3v) is 8.18. The second-order valence-electron chi connectivity index (χ2n) is 8.74. The van der Waals surface area contributed by atoms with E-state index in [1.54, 1.807) is 12.1 Å². The molecule has 0 aliphatic carbocycles. The minimum absolute atomic E-state index is 0.0221. The van der Waals surface area contributed by atoms with E-state index in [1.807, 2.05) is 48.2 Å². The Morgan fingerprint density at radius 3 is 2.03 bits per heavy atom. The van der Waals surface area contributed by atoms with Gasteiger partial charge in [0.15, 0.2) is 9.84 Å². The molecule has 2 fully saturated rings. The monoisotopic (exact) mass is 466 g/mol. The van der Waals surface area contributed by atoms with Crippen molar-refractivity contribution in [2.24, 2.45) is 0 Å². The van der Waals surface area contributed by atoms with E-state index < -0.39 is 9.84 Å². The van der Waals surface area contributed by atoms with Gasteiger partial charge in [-0.15, -0.1) is 10.2 Å². The summed E-state index contributed by atoms with van der Waals surface area (Å²) in [5, 5.41) is 8.28. The Kier molecular flexibility index (Phi) is 5.76. The average Bonchev–Trinajstić information content (AvgIpc) is 3.46. The van der Waals surface area contributed by atoms with Gasteiger partial charge >= 0.3 is 0 Å². The molecule has 1 amide bonds. The first-order valence-corrected chi connectivity index (χ1v) is 12.9. The van der Waals surface area contributed by atoms with Crippen molar-refractivity contribution in [1.82, 2.24) is 20.0 Å². The van der Waals surface area contributed by atoms with Crippen molar-refractivity contribution < 1.29 is 17.6 Å². The molecule has 2 aliphatic heterocycles. The molecule has 1 aromatic heterocycles. The predicted molar refractivity (Wildman–Crippen MR) is 124 cm³/mol. The van der Waals surface area contributed by atoms with Crippen LogP contribution in [0.5, 0.6) is 0 Å². The minimum atomic E-state index is -2.90. The second kappa shape index (κ2) is 8.72. The fourth-order valence-electron chi connectivity index (χ4n) is 4.44. The van der Waals surface area contributed by atoms with E-state index in [9.17, 15) is 13.2 Å². The van der Waals surface area contributed by atoms with Crippen LogP contribution in [0.15, 0.2) is 52.9 Å². The molecule has 8 nitrogen and oxygen atoms in total. The first-order valence-electron chi connectivity index (χ1n) is 11.1. The zero-order valence-electron chi connectivity index (χ0n) is 18.5. The Morgan fingerprint density at radius 1 is 0.909 bits per heavy atom. The summed E-state index contributed by atoms with van der Waals surface area (Å²) >= 11 is 0. The van der Waals surface area contributed by atoms with Crippen LogP contribution in [0.1, 0.15) is 22.3 Å². The van der Waals surface area contributed by atoms with Gasteiger partial charge in [-0.25, -0.2) is 8.42 Å². The minimum Gasteiger partial charge on any atom is -0.416 e. The lowest BCUT2D eigenvalue weighted by Gasteiger charge is -2.37. The summed E-state index contributed by atoms with van der Waals surface area (Å²) in [5.74, 6) is 1.35. The van der Waals surface area contributed by atoms with Gasteiger partial charge < -0.3 is 9.32 Å². The van der Waals surface area contributed by atoms with Crippen molar-refractivity contribution in [3.05, 3.63) is 59.7 Å². The zero-order valence-corrected chi connectivity index (χ0v) is 19.3. The summed E-state index contributed by atoms with van der Waals surface area (Å²) in [7, 11) is -2.90. The van der Waals surface area contributed by atoms with Gasteiger partial charge in [0.25, 0.3) is 5.91 Å². The number of nitrogens with zero attached hydrogens (tertiary/aromatic N) is 4. The number of aromatic nitrogens is 2. The van der Waals surface area contributed by atoms with Crippen molar-refractivity contribution in [2.45, 2.75) is 19.4 Å². The van der Waals surface area contributed by atoms with Crippen LogP contribution in [-0.4, -0.2) is 78.0 Å². The quantitative estimate of drug-likeness (QED) is 0.583. The van der Waals surface area contributed by atoms with Gasteiger partial charge in [-0.2, -0.15) is 0 Å². The zero-order chi connectivity index (χ0) is 23.0. The summed E-state index contributed by atoms with van der Waals surface area (Å²) < 4.78 is 29.3. The van der Waals surface area contributed by atoms with E-state index in [0.717, 1.165) is 16.7 Å². The van der Waals surface area contributed by atoms with E-state index in [-0.39, 0.29) is 23.5 Å². The number of carbonyl (C=O) groups is 1. The molecule has 0 spiro atoms. The van der Waals surface area contributed by atoms with E-state index in [0.29, 0.717) is 49.9 Å². The molecular formula is C24H26N4O4S. The molecule has 0 N–H and O–H groups in total. The maximum Gasteiger partial charge on any atom is 0.253 e. The molecule has 2 aromatic carbocycles. The lowest BCUT2D eigenvalue weighted by molar-refractivity contribution is 0.0588. The number of hydrogen-bond acceptors (Lipinski definition) is 7. The van der Waals surface area contributed by atoms with Gasteiger partial charge in [0.2, 0.25) is 11.8 Å². The fourth-order valence-corrected chi connectivity index (χ4v) is 6.21. The van der Waals surface area contributed by atoms with Crippen molar-refractivity contribution in [3.8, 4) is 22.9 Å². The molecule has 172 valence electrons. The Hall–Kier alpha value is -3.04. The molecule has 0 radical (unpaired) electrons. The molecule has 3 heterocycles. The predicted octanol–water partition coefficient (Wildman–Crippen LogP) is 2.66. The third-order valence-electron chi connectivity index (χ3n) is 6.43. The molecule has 0 bridgehead atoms. The highest BCUT2D eigenvalue weighted by Gasteiger charge is 2.34. The van der Waals surface area contributed by atoms with E-state index in [1.165, 1.54) is 0 Å². The van der Waals surface area contributed by atoms with Crippen molar-refractivity contribution in [2.75, 3.05) is 37.7 Å². The number of carbonyl (C=O) groups excluding carboxylic acids is 1. The van der Waals surface area contributed by atoms with Gasteiger partial charge in [-0.3, -0.25) is 9.69 Å². The molecule has 5 rings (SSSR count). The van der Waals surface area contributed by atoms with Crippen LogP contribution in [0.25, 0.3) is 22.9 Å². The van der Waals surface area contributed by atoms with Gasteiger partial charge in [0.1, 0.15) is 0 Å². The Bertz CT molecular complexity index is 1240. The van der Waals surface area contributed by atoms with Crippen LogP contribution in [0, 0.1) is 6.92 Å². The third kappa shape index (κ3) is 4.69. The second-order valence-corrected chi connectivity index (χ2v) is 11.0. The van der Waals surface area contributed by atoms with Crippen molar-refractivity contribution in [1.29, 1.82) is 0 Å². The topological polar surface area (TPSA) is 96.6 Å². The molecule has 0 saturated carbocycles. The van der Waals surface area contributed by atoms with E-state index in [2.05, 4.69) is 15.1 Å². The van der Waals surface area contributed by atoms with E-state index >= 15 is 0 Å². The summed E-state index contributed by atoms with van der Waals surface area (Å²) in [6, 6.07) is 15.2. The van der Waals surface area contributed by atoms with E-state index in [4.69, 9.17) is 4.42 Å². The van der Waals surface area contributed by atoms with Crippen LogP contribution in [-0.2, 0) is 9.84 Å². The molecule has 2 saturated heterocycles. The number of piperazine rings is 1. The molecule has 33 heavy (non-hydrogen) atoms. The molecular weight excluding hydrogens is 440 g/mol. The summed E-state index contributed by atoms with van der Waals surface area (Å²) in [4.78, 5) is 17.0. The highest BCUT2D eigenvalue weighted by atomic mass is 32.2. The summed E-state index contributed by atoms with van der Waals surface area (Å²) in [6.45, 7) is 4.62. The number of amides is 1. The van der Waals surface area contributed by atoms with Crippen LogP contribution in [0.4, 0.5) is 0 Å². The lowest BCUT2D eigenvalue weighted by Crippen LogP contribution is -2.52. The highest BCUT2D eigenvalue weighted by molar-refractivity contribution is 7.91. The molecule has 3 aromatic rings. The lowest BCUT2D eigenvalue weighted by atomic mass is 10.1. The first kappa shape index (κ1) is 21.8. The number of benzene rings is 2. The SMILES string of the molecule is Cc1ccc(-c2nnc(-c3ccc(C(=O)N4CCN([C@H]5CCS(=O)(=O)C5)CC4)cc3)o2)cc1. The van der Waals surface area contributed by atoms with Gasteiger partial charge in [-0.05, 0) is 49.7 Å². The number of hydrogen-bond donors (Lipinski definition) is 0. The molecule has 9 heteroatoms. The Labute approximate surface area is 193 Å². The number of sulfone groups is 1. The van der Waals surface area contributed by atoms with Crippen LogP contribution in [0.2, 0.25) is 0 Å². The molecule has 1 atom stereocenters. The Morgan fingerprint density at radius 2 is 1.48 bits per heavy atom. The van der Waals surface area contributed by atoms with Crippen LogP contribution >= 0.6 is 0 Å². The summed E-state index contributed by atoms with van der Waals surface area (Å²) in [5.41, 5.74) is 3.38. The standard InChI is InChI=1S/C24H26N4O4S/c1-17-2-4-18(5-3-17)22-25-26-23(32-22)19-6-8-20(9-7-19)24(29)28-13-11-27(12-14-28)21-10-15-33(30,31)16-21/h2-9,21H,10-16H2,1H3/t21-/m0/s1. The fraction of sp³-hybridized carbons (Fsp3) is 0.375. The first-order chi connectivity index (χ1) is 15.9. The maximum absolute atomic E-state index is 13.0. The van der Waals surface area contributed by atoms with Crippen LogP contribution < -0.4 is 0 Å².